The quantitative estimate of drug-likeness (QED) is 0.916. The van der Waals surface area contributed by atoms with Crippen molar-refractivity contribution >= 4 is 22.9 Å². The Bertz CT molecular complexity index is 689. The van der Waals surface area contributed by atoms with Crippen LogP contribution in [0.15, 0.2) is 6.07 Å². The summed E-state index contributed by atoms with van der Waals surface area (Å²) in [5, 5.41) is 1.03. The van der Waals surface area contributed by atoms with Gasteiger partial charge < -0.3 is 19.5 Å². The third-order valence-corrected chi connectivity index (χ3v) is 3.82. The Balaban J connectivity index is 1.80. The van der Waals surface area contributed by atoms with Gasteiger partial charge in [-0.2, -0.15) is 0 Å². The molecule has 118 valence electrons. The molecule has 0 aliphatic carbocycles. The molecule has 1 saturated heterocycles. The summed E-state index contributed by atoms with van der Waals surface area (Å²) < 4.78 is 5.05. The molecule has 0 radical (unpaired) electrons. The van der Waals surface area contributed by atoms with E-state index in [2.05, 4.69) is 25.9 Å². The van der Waals surface area contributed by atoms with Crippen molar-refractivity contribution in [2.75, 3.05) is 37.7 Å². The fourth-order valence-electron chi connectivity index (χ4n) is 2.79. The highest BCUT2D eigenvalue weighted by Gasteiger charge is 2.24. The minimum Gasteiger partial charge on any atom is -0.450 e. The van der Waals surface area contributed by atoms with E-state index < -0.39 is 0 Å². The summed E-state index contributed by atoms with van der Waals surface area (Å²) in [5.74, 6) is 1.69. The zero-order chi connectivity index (χ0) is 15.7. The number of carbonyl (C=O) groups excluding carboxylic acids is 1. The summed E-state index contributed by atoms with van der Waals surface area (Å²) >= 11 is 0. The van der Waals surface area contributed by atoms with Crippen LogP contribution in [0.5, 0.6) is 0 Å². The van der Waals surface area contributed by atoms with Gasteiger partial charge in [0, 0.05) is 31.9 Å². The second kappa shape index (κ2) is 5.82. The first-order valence-electron chi connectivity index (χ1n) is 7.59. The zero-order valence-corrected chi connectivity index (χ0v) is 13.2. The van der Waals surface area contributed by atoms with Gasteiger partial charge >= 0.3 is 6.09 Å². The van der Waals surface area contributed by atoms with Gasteiger partial charge in [-0.15, -0.1) is 0 Å². The van der Waals surface area contributed by atoms with Crippen molar-refractivity contribution < 1.29 is 9.53 Å². The highest BCUT2D eigenvalue weighted by Crippen LogP contribution is 2.25. The Labute approximate surface area is 129 Å². The number of anilines is 1. The summed E-state index contributed by atoms with van der Waals surface area (Å²) in [4.78, 5) is 28.0. The SMILES string of the molecule is CCOC(=O)N1CCN(c2nc(C)nc3[nH]c(C)cc23)CC1. The molecule has 2 aromatic heterocycles. The molecule has 0 atom stereocenters. The van der Waals surface area contributed by atoms with Gasteiger partial charge in [-0.3, -0.25) is 0 Å². The van der Waals surface area contributed by atoms with Crippen molar-refractivity contribution in [3.05, 3.63) is 17.6 Å². The summed E-state index contributed by atoms with van der Waals surface area (Å²) in [6.07, 6.45) is -0.233. The van der Waals surface area contributed by atoms with Gasteiger partial charge in [0.15, 0.2) is 0 Å². The number of nitrogens with one attached hydrogen (secondary N) is 1. The van der Waals surface area contributed by atoms with Crippen LogP contribution in [0.1, 0.15) is 18.4 Å². The summed E-state index contributed by atoms with van der Waals surface area (Å²) in [7, 11) is 0. The number of aryl methyl sites for hydroxylation is 2. The smallest absolute Gasteiger partial charge is 0.409 e. The van der Waals surface area contributed by atoms with Gasteiger partial charge in [0.05, 0.1) is 12.0 Å². The van der Waals surface area contributed by atoms with E-state index in [4.69, 9.17) is 4.74 Å². The van der Waals surface area contributed by atoms with Crippen LogP contribution < -0.4 is 4.90 Å². The van der Waals surface area contributed by atoms with Crippen LogP contribution in [0, 0.1) is 13.8 Å². The molecule has 3 rings (SSSR count). The van der Waals surface area contributed by atoms with E-state index in [0.29, 0.717) is 19.7 Å². The number of nitrogens with zero attached hydrogens (tertiary/aromatic N) is 4. The van der Waals surface area contributed by atoms with Crippen LogP contribution >= 0.6 is 0 Å². The van der Waals surface area contributed by atoms with Crippen molar-refractivity contribution in [2.24, 2.45) is 0 Å². The minimum absolute atomic E-state index is 0.233. The van der Waals surface area contributed by atoms with Gasteiger partial charge in [0.25, 0.3) is 0 Å². The number of fused-ring (bicyclic) bond motifs is 1. The van der Waals surface area contributed by atoms with Gasteiger partial charge in [0.2, 0.25) is 0 Å². The maximum Gasteiger partial charge on any atom is 0.409 e. The van der Waals surface area contributed by atoms with Crippen molar-refractivity contribution in [2.45, 2.75) is 20.8 Å². The number of ether oxygens (including phenoxy) is 1. The Hall–Kier alpha value is -2.31. The van der Waals surface area contributed by atoms with Crippen LogP contribution in [-0.4, -0.2) is 58.7 Å². The molecule has 0 spiro atoms. The highest BCUT2D eigenvalue weighted by atomic mass is 16.6. The molecule has 1 aliphatic rings. The average molecular weight is 303 g/mol. The van der Waals surface area contributed by atoms with Crippen molar-refractivity contribution in [3.63, 3.8) is 0 Å². The number of aromatic amines is 1. The number of piperazine rings is 1. The van der Waals surface area contributed by atoms with E-state index in [9.17, 15) is 4.79 Å². The van der Waals surface area contributed by atoms with Crippen molar-refractivity contribution in [3.8, 4) is 0 Å². The maximum absolute atomic E-state index is 11.8. The first-order valence-corrected chi connectivity index (χ1v) is 7.59. The number of hydrogen-bond donors (Lipinski definition) is 1. The molecule has 1 amide bonds. The van der Waals surface area contributed by atoms with E-state index in [1.165, 1.54) is 0 Å². The fourth-order valence-corrected chi connectivity index (χ4v) is 2.79. The maximum atomic E-state index is 11.8. The second-order valence-corrected chi connectivity index (χ2v) is 5.48. The van der Waals surface area contributed by atoms with Crippen LogP contribution in [0.3, 0.4) is 0 Å². The Morgan fingerprint density at radius 2 is 2.00 bits per heavy atom. The van der Waals surface area contributed by atoms with E-state index in [1.807, 2.05) is 20.8 Å². The molecular formula is C15H21N5O2. The number of carbonyl (C=O) groups is 1. The van der Waals surface area contributed by atoms with E-state index in [-0.39, 0.29) is 6.09 Å². The zero-order valence-electron chi connectivity index (χ0n) is 13.2. The second-order valence-electron chi connectivity index (χ2n) is 5.48. The molecule has 7 heteroatoms. The molecule has 2 aromatic rings. The first-order chi connectivity index (χ1) is 10.6. The molecule has 1 aliphatic heterocycles. The summed E-state index contributed by atoms with van der Waals surface area (Å²) in [6, 6.07) is 2.07. The predicted molar refractivity (Wildman–Crippen MR) is 84.2 cm³/mol. The van der Waals surface area contributed by atoms with Gasteiger partial charge in [0.1, 0.15) is 17.3 Å². The molecule has 0 aromatic carbocycles. The molecule has 22 heavy (non-hydrogen) atoms. The fraction of sp³-hybridized carbons (Fsp3) is 0.533. The summed E-state index contributed by atoms with van der Waals surface area (Å²) in [6.45, 7) is 8.92. The third-order valence-electron chi connectivity index (χ3n) is 3.82. The molecule has 1 fully saturated rings. The Morgan fingerprint density at radius 1 is 1.27 bits per heavy atom. The van der Waals surface area contributed by atoms with Gasteiger partial charge in [-0.1, -0.05) is 0 Å². The Morgan fingerprint density at radius 3 is 2.68 bits per heavy atom. The number of hydrogen-bond acceptors (Lipinski definition) is 5. The average Bonchev–Trinajstić information content (AvgIpc) is 2.87. The largest absolute Gasteiger partial charge is 0.450 e. The van der Waals surface area contributed by atoms with Crippen molar-refractivity contribution in [1.29, 1.82) is 0 Å². The summed E-state index contributed by atoms with van der Waals surface area (Å²) in [5.41, 5.74) is 1.94. The number of H-pyrrole nitrogens is 1. The lowest BCUT2D eigenvalue weighted by atomic mass is 10.2. The van der Waals surface area contributed by atoms with Crippen LogP contribution in [0.2, 0.25) is 0 Å². The van der Waals surface area contributed by atoms with E-state index in [1.54, 1.807) is 4.90 Å². The lowest BCUT2D eigenvalue weighted by Crippen LogP contribution is -2.49. The van der Waals surface area contributed by atoms with Crippen LogP contribution in [0.25, 0.3) is 11.0 Å². The molecule has 0 saturated carbocycles. The minimum atomic E-state index is -0.233. The van der Waals surface area contributed by atoms with Crippen LogP contribution in [-0.2, 0) is 4.74 Å². The number of amides is 1. The molecule has 3 heterocycles. The number of aromatic nitrogens is 3. The molecule has 1 N–H and O–H groups in total. The molecule has 0 unspecified atom stereocenters. The third kappa shape index (κ3) is 2.70. The Kier molecular flexibility index (Phi) is 3.87. The van der Waals surface area contributed by atoms with Crippen molar-refractivity contribution in [1.82, 2.24) is 19.9 Å². The topological polar surface area (TPSA) is 74.3 Å². The highest BCUT2D eigenvalue weighted by molar-refractivity contribution is 5.88. The lowest BCUT2D eigenvalue weighted by Gasteiger charge is -2.35. The number of rotatable bonds is 2. The monoisotopic (exact) mass is 303 g/mol. The molecular weight excluding hydrogens is 282 g/mol. The van der Waals surface area contributed by atoms with Gasteiger partial charge in [-0.05, 0) is 26.8 Å². The molecule has 0 bridgehead atoms. The predicted octanol–water partition coefficient (Wildman–Crippen LogP) is 1.85. The normalized spacial score (nSPS) is 15.4. The van der Waals surface area contributed by atoms with Crippen LogP contribution in [0.4, 0.5) is 10.6 Å². The van der Waals surface area contributed by atoms with E-state index in [0.717, 1.165) is 41.5 Å². The lowest BCUT2D eigenvalue weighted by molar-refractivity contribution is 0.105. The van der Waals surface area contributed by atoms with E-state index >= 15 is 0 Å². The molecule has 7 nitrogen and oxygen atoms in total. The first kappa shape index (κ1) is 14.6. The van der Waals surface area contributed by atoms with Gasteiger partial charge in [-0.25, -0.2) is 14.8 Å². The standard InChI is InChI=1S/C15H21N5O2/c1-4-22-15(21)20-7-5-19(6-8-20)14-12-9-10(2)16-13(12)17-11(3)18-14/h9H,4-8H2,1-3H3,(H,16,17,18).